The zero-order chi connectivity index (χ0) is 29.0. The van der Waals surface area contributed by atoms with Crippen molar-refractivity contribution in [2.45, 2.75) is 58.3 Å². The first kappa shape index (κ1) is 32.4. The maximum atomic E-state index is 10.6. The summed E-state index contributed by atoms with van der Waals surface area (Å²) in [5.41, 5.74) is 9.91. The Bertz CT molecular complexity index is 1240. The molecule has 0 atom stereocenters. The van der Waals surface area contributed by atoms with E-state index in [1.54, 1.807) is 24.4 Å². The highest BCUT2D eigenvalue weighted by molar-refractivity contribution is 6.32. The molecular formula is C32H41ClN6O. The van der Waals surface area contributed by atoms with Gasteiger partial charge in [-0.15, -0.1) is 0 Å². The molecule has 0 unspecified atom stereocenters. The Labute approximate surface area is 243 Å². The Morgan fingerprint density at radius 1 is 1.00 bits per heavy atom. The van der Waals surface area contributed by atoms with E-state index < -0.39 is 0 Å². The molecule has 7 nitrogen and oxygen atoms in total. The third kappa shape index (κ3) is 11.5. The first-order chi connectivity index (χ1) is 19.6. The van der Waals surface area contributed by atoms with E-state index in [1.807, 2.05) is 30.3 Å². The Balaban J connectivity index is 0.000000432. The van der Waals surface area contributed by atoms with Crippen molar-refractivity contribution >= 4 is 40.9 Å². The van der Waals surface area contributed by atoms with Gasteiger partial charge in [-0.2, -0.15) is 0 Å². The van der Waals surface area contributed by atoms with Gasteiger partial charge in [0.15, 0.2) is 0 Å². The largest absolute Gasteiger partial charge is 0.330 e. The van der Waals surface area contributed by atoms with Gasteiger partial charge in [0.05, 0.1) is 40.7 Å². The molecule has 0 saturated heterocycles. The number of hydrogen-bond acceptors (Lipinski definition) is 6. The van der Waals surface area contributed by atoms with Gasteiger partial charge in [0.1, 0.15) is 0 Å². The summed E-state index contributed by atoms with van der Waals surface area (Å²) in [7, 11) is 0. The molecule has 3 aromatic rings. The van der Waals surface area contributed by atoms with Crippen LogP contribution in [0.5, 0.6) is 0 Å². The second kappa shape index (κ2) is 19.3. The van der Waals surface area contributed by atoms with Gasteiger partial charge < -0.3 is 16.4 Å². The smallest absolute Gasteiger partial charge is 0.227 e. The number of anilines is 3. The highest BCUT2D eigenvalue weighted by Gasteiger charge is 2.10. The second-order valence-electron chi connectivity index (χ2n) is 9.15. The molecule has 0 aliphatic rings. The van der Waals surface area contributed by atoms with Gasteiger partial charge in [-0.05, 0) is 36.2 Å². The van der Waals surface area contributed by atoms with Crippen molar-refractivity contribution in [3.8, 4) is 11.3 Å². The molecule has 40 heavy (non-hydrogen) atoms. The van der Waals surface area contributed by atoms with E-state index in [9.17, 15) is 4.79 Å². The number of hydrogen-bond donors (Lipinski definition) is 3. The van der Waals surface area contributed by atoms with Crippen molar-refractivity contribution < 1.29 is 4.79 Å². The maximum Gasteiger partial charge on any atom is 0.227 e. The molecule has 8 heteroatoms. The van der Waals surface area contributed by atoms with Crippen molar-refractivity contribution in [3.05, 3.63) is 90.9 Å². The Morgan fingerprint density at radius 3 is 2.40 bits per heavy atom. The standard InChI is InChI=1S/C22H18ClN5O.C10H23N/c1-3-6-15(4-2)16-7-5-8-17(9-16)21-20(23)13-25-22(28-21)27-19-10-18(26-14-29)11-24-12-19;1-2-3-4-5-6-7-8-9-10-11/h3-14H,1-2H2,(H,26,29)(H,25,27,28);2-11H2,1H3/b15-6+;. The van der Waals surface area contributed by atoms with Crippen LogP contribution in [0.1, 0.15) is 63.9 Å². The van der Waals surface area contributed by atoms with Crippen molar-refractivity contribution in [2.24, 2.45) is 5.73 Å². The monoisotopic (exact) mass is 560 g/mol. The number of rotatable bonds is 16. The topological polar surface area (TPSA) is 106 Å². The van der Waals surface area contributed by atoms with Gasteiger partial charge in [0.25, 0.3) is 0 Å². The zero-order valence-electron chi connectivity index (χ0n) is 23.4. The van der Waals surface area contributed by atoms with Crippen molar-refractivity contribution in [2.75, 3.05) is 17.2 Å². The van der Waals surface area contributed by atoms with Crippen LogP contribution in [-0.4, -0.2) is 27.9 Å². The van der Waals surface area contributed by atoms with Gasteiger partial charge in [-0.25, -0.2) is 9.97 Å². The molecule has 3 rings (SSSR count). The highest BCUT2D eigenvalue weighted by Crippen LogP contribution is 2.29. The number of halogens is 1. The highest BCUT2D eigenvalue weighted by atomic mass is 35.5. The van der Waals surface area contributed by atoms with E-state index in [2.05, 4.69) is 45.7 Å². The lowest BCUT2D eigenvalue weighted by Gasteiger charge is -2.10. The van der Waals surface area contributed by atoms with E-state index in [0.717, 1.165) is 23.2 Å². The molecule has 4 N–H and O–H groups in total. The van der Waals surface area contributed by atoms with Gasteiger partial charge >= 0.3 is 0 Å². The van der Waals surface area contributed by atoms with Gasteiger partial charge in [-0.1, -0.05) is 113 Å². The maximum absolute atomic E-state index is 10.6. The van der Waals surface area contributed by atoms with Crippen LogP contribution in [0.15, 0.2) is 80.3 Å². The third-order valence-corrected chi connectivity index (χ3v) is 6.29. The van der Waals surface area contributed by atoms with Crippen molar-refractivity contribution in [1.82, 2.24) is 15.0 Å². The fourth-order valence-electron chi connectivity index (χ4n) is 3.95. The number of nitrogens with one attached hydrogen (secondary N) is 2. The third-order valence-electron chi connectivity index (χ3n) is 6.01. The molecule has 1 aromatic carbocycles. The number of pyridine rings is 1. The summed E-state index contributed by atoms with van der Waals surface area (Å²) in [5.74, 6) is 0.352. The van der Waals surface area contributed by atoms with Gasteiger partial charge in [0.2, 0.25) is 12.4 Å². The summed E-state index contributed by atoms with van der Waals surface area (Å²) < 4.78 is 0. The summed E-state index contributed by atoms with van der Waals surface area (Å²) in [5, 5.41) is 6.04. The van der Waals surface area contributed by atoms with Crippen LogP contribution in [0, 0.1) is 0 Å². The first-order valence-electron chi connectivity index (χ1n) is 13.8. The normalized spacial score (nSPS) is 10.7. The molecular weight excluding hydrogens is 520 g/mol. The SMILES string of the molecule is C=C/C=C(\C=C)c1cccc(-c2nc(Nc3cncc(NC=O)c3)ncc2Cl)c1.CCCCCCCCCCN. The minimum atomic E-state index is 0.352. The van der Waals surface area contributed by atoms with E-state index in [-0.39, 0.29) is 0 Å². The fourth-order valence-corrected chi connectivity index (χ4v) is 4.15. The predicted octanol–water partition coefficient (Wildman–Crippen LogP) is 8.35. The number of nitrogens with two attached hydrogens (primary N) is 1. The summed E-state index contributed by atoms with van der Waals surface area (Å²) >= 11 is 6.36. The van der Waals surface area contributed by atoms with E-state index >= 15 is 0 Å². The fraction of sp³-hybridized carbons (Fsp3) is 0.312. The minimum Gasteiger partial charge on any atom is -0.330 e. The van der Waals surface area contributed by atoms with E-state index in [0.29, 0.717) is 34.4 Å². The lowest BCUT2D eigenvalue weighted by Crippen LogP contribution is -2.01. The van der Waals surface area contributed by atoms with Crippen LogP contribution in [0.4, 0.5) is 17.3 Å². The number of carbonyl (C=O) groups is 1. The van der Waals surface area contributed by atoms with Gasteiger partial charge in [0, 0.05) is 5.56 Å². The summed E-state index contributed by atoms with van der Waals surface area (Å²) in [6, 6.07) is 9.52. The Morgan fingerprint density at radius 2 is 1.73 bits per heavy atom. The van der Waals surface area contributed by atoms with Crippen LogP contribution in [0.25, 0.3) is 16.8 Å². The lowest BCUT2D eigenvalue weighted by atomic mass is 10.0. The number of nitrogens with zero attached hydrogens (tertiary/aromatic N) is 3. The summed E-state index contributed by atoms with van der Waals surface area (Å²) in [6.07, 6.45) is 21.6. The van der Waals surface area contributed by atoms with E-state index in [4.69, 9.17) is 17.3 Å². The van der Waals surface area contributed by atoms with Crippen molar-refractivity contribution in [1.29, 1.82) is 0 Å². The lowest BCUT2D eigenvalue weighted by molar-refractivity contribution is -0.105. The van der Waals surface area contributed by atoms with Crippen LogP contribution < -0.4 is 16.4 Å². The molecule has 0 radical (unpaired) electrons. The van der Waals surface area contributed by atoms with Crippen LogP contribution in [0.2, 0.25) is 5.02 Å². The average Bonchev–Trinajstić information content (AvgIpc) is 2.97. The molecule has 0 saturated carbocycles. The summed E-state index contributed by atoms with van der Waals surface area (Å²) in [4.78, 5) is 23.4. The Hall–Kier alpha value is -3.81. The molecule has 0 fully saturated rings. The number of carbonyl (C=O) groups excluding carboxylic acids is 1. The molecule has 2 aromatic heterocycles. The van der Waals surface area contributed by atoms with Crippen LogP contribution >= 0.6 is 11.6 Å². The second-order valence-corrected chi connectivity index (χ2v) is 9.55. The molecule has 0 bridgehead atoms. The molecule has 1 amide bonds. The first-order valence-corrected chi connectivity index (χ1v) is 14.1. The van der Waals surface area contributed by atoms with Crippen LogP contribution in [0.3, 0.4) is 0 Å². The quantitative estimate of drug-likeness (QED) is 0.0923. The minimum absolute atomic E-state index is 0.352. The average molecular weight is 561 g/mol. The molecule has 0 aliphatic carbocycles. The van der Waals surface area contributed by atoms with Gasteiger partial charge in [-0.3, -0.25) is 9.78 Å². The van der Waals surface area contributed by atoms with E-state index in [1.165, 1.54) is 63.8 Å². The molecule has 0 spiro atoms. The molecule has 212 valence electrons. The van der Waals surface area contributed by atoms with Crippen molar-refractivity contribution in [3.63, 3.8) is 0 Å². The molecule has 2 heterocycles. The predicted molar refractivity (Wildman–Crippen MR) is 170 cm³/mol. The summed E-state index contributed by atoms with van der Waals surface area (Å²) in [6.45, 7) is 10.7. The van der Waals surface area contributed by atoms with Crippen LogP contribution in [-0.2, 0) is 4.79 Å². The Kier molecular flexibility index (Phi) is 15.6. The molecule has 0 aliphatic heterocycles. The number of benzene rings is 1. The number of allylic oxidation sites excluding steroid dienone is 4. The zero-order valence-corrected chi connectivity index (χ0v) is 24.2. The number of unbranched alkanes of at least 4 members (excludes halogenated alkanes) is 7. The number of amides is 1. The number of aromatic nitrogens is 3.